The van der Waals surface area contributed by atoms with Crippen LogP contribution in [0.25, 0.3) is 0 Å². The van der Waals surface area contributed by atoms with Crippen LogP contribution in [0.1, 0.15) is 5.89 Å². The molecule has 0 saturated carbocycles. The Kier molecular flexibility index (Phi) is 4.43. The summed E-state index contributed by atoms with van der Waals surface area (Å²) < 4.78 is 11.3. The van der Waals surface area contributed by atoms with Crippen LogP contribution in [0.3, 0.4) is 0 Å². The van der Waals surface area contributed by atoms with Crippen molar-refractivity contribution >= 4 is 39.2 Å². The number of rotatable bonds is 5. The molecule has 0 amide bonds. The number of hydrogen-bond acceptors (Lipinski definition) is 5. The van der Waals surface area contributed by atoms with E-state index in [2.05, 4.69) is 31.4 Å². The van der Waals surface area contributed by atoms with Crippen molar-refractivity contribution in [2.24, 2.45) is 0 Å². The summed E-state index contributed by atoms with van der Waals surface area (Å²) in [5.74, 6) is 1.73. The summed E-state index contributed by atoms with van der Waals surface area (Å²) in [6, 6.07) is 5.90. The van der Waals surface area contributed by atoms with Crippen LogP contribution in [-0.4, -0.2) is 23.2 Å². The van der Waals surface area contributed by atoms with Gasteiger partial charge in [-0.25, -0.2) is 0 Å². The monoisotopic (exact) mass is 331 g/mol. The Hall–Kier alpha value is -1.27. The molecule has 0 radical (unpaired) electrons. The summed E-state index contributed by atoms with van der Waals surface area (Å²) in [7, 11) is 1.61. The van der Waals surface area contributed by atoms with Gasteiger partial charge in [0.15, 0.2) is 0 Å². The van der Waals surface area contributed by atoms with Crippen molar-refractivity contribution in [2.45, 2.75) is 6.42 Å². The number of ether oxygens (including phenoxy) is 1. The van der Waals surface area contributed by atoms with E-state index in [1.165, 1.54) is 0 Å². The lowest BCUT2D eigenvalue weighted by Crippen LogP contribution is -1.91. The average molecular weight is 333 g/mol. The lowest BCUT2D eigenvalue weighted by atomic mass is 10.3. The van der Waals surface area contributed by atoms with Gasteiger partial charge in [0.05, 0.1) is 11.6 Å². The minimum atomic E-state index is 0.340. The van der Waals surface area contributed by atoms with Gasteiger partial charge in [0.1, 0.15) is 5.75 Å². The fourth-order valence-corrected chi connectivity index (χ4v) is 2.06. The minimum absolute atomic E-state index is 0.340. The number of aromatic nitrogens is 2. The molecule has 2 rings (SSSR count). The van der Waals surface area contributed by atoms with Gasteiger partial charge < -0.3 is 14.5 Å². The van der Waals surface area contributed by atoms with E-state index in [0.717, 1.165) is 15.9 Å². The van der Waals surface area contributed by atoms with Crippen LogP contribution in [0.2, 0.25) is 0 Å². The molecule has 0 bridgehead atoms. The first kappa shape index (κ1) is 13.2. The predicted molar refractivity (Wildman–Crippen MR) is 72.7 cm³/mol. The number of nitrogens with zero attached hydrogens (tertiary/aromatic N) is 2. The van der Waals surface area contributed by atoms with E-state index in [1.807, 2.05) is 18.2 Å². The van der Waals surface area contributed by atoms with Crippen LogP contribution < -0.4 is 10.1 Å². The van der Waals surface area contributed by atoms with Crippen molar-refractivity contribution in [3.63, 3.8) is 0 Å². The Morgan fingerprint density at radius 1 is 1.44 bits per heavy atom. The maximum absolute atomic E-state index is 5.59. The molecule has 0 aliphatic rings. The summed E-state index contributed by atoms with van der Waals surface area (Å²) in [5, 5.41) is 10.7. The predicted octanol–water partition coefficient (Wildman–Crippen LogP) is 3.37. The van der Waals surface area contributed by atoms with E-state index < -0.39 is 0 Å². The van der Waals surface area contributed by atoms with Crippen molar-refractivity contribution in [1.29, 1.82) is 0 Å². The van der Waals surface area contributed by atoms with Crippen LogP contribution in [0, 0.1) is 0 Å². The summed E-state index contributed by atoms with van der Waals surface area (Å²) in [5.41, 5.74) is 0.823. The number of aryl methyl sites for hydroxylation is 1. The fourth-order valence-electron chi connectivity index (χ4n) is 1.35. The minimum Gasteiger partial charge on any atom is -0.496 e. The second-order valence-corrected chi connectivity index (χ2v) is 4.65. The second kappa shape index (κ2) is 6.06. The second-order valence-electron chi connectivity index (χ2n) is 3.41. The van der Waals surface area contributed by atoms with Crippen LogP contribution in [-0.2, 0) is 6.42 Å². The highest BCUT2D eigenvalue weighted by molar-refractivity contribution is 9.10. The number of methoxy groups -OCH3 is 1. The van der Waals surface area contributed by atoms with Gasteiger partial charge in [0, 0.05) is 18.0 Å². The van der Waals surface area contributed by atoms with Crippen LogP contribution in [0.5, 0.6) is 5.75 Å². The zero-order valence-electron chi connectivity index (χ0n) is 9.61. The van der Waals surface area contributed by atoms with Gasteiger partial charge in [-0.15, -0.1) is 16.7 Å². The molecule has 1 heterocycles. The maximum Gasteiger partial charge on any atom is 0.320 e. The van der Waals surface area contributed by atoms with E-state index in [-0.39, 0.29) is 0 Å². The molecular formula is C11H11BrClN3O2. The lowest BCUT2D eigenvalue weighted by Gasteiger charge is -2.05. The number of benzene rings is 1. The van der Waals surface area contributed by atoms with E-state index in [0.29, 0.717) is 24.2 Å². The molecule has 0 fully saturated rings. The third kappa shape index (κ3) is 3.14. The van der Waals surface area contributed by atoms with Gasteiger partial charge >= 0.3 is 6.01 Å². The van der Waals surface area contributed by atoms with Gasteiger partial charge in [0.2, 0.25) is 5.89 Å². The molecule has 0 saturated heterocycles. The number of hydrogen-bond donors (Lipinski definition) is 1. The number of nitrogens with one attached hydrogen (secondary N) is 1. The average Bonchev–Trinajstić information content (AvgIpc) is 2.77. The normalized spacial score (nSPS) is 10.4. The summed E-state index contributed by atoms with van der Waals surface area (Å²) in [6.07, 6.45) is 0.558. The van der Waals surface area contributed by atoms with E-state index in [1.54, 1.807) is 7.11 Å². The van der Waals surface area contributed by atoms with E-state index in [9.17, 15) is 0 Å². The molecule has 1 N–H and O–H groups in total. The summed E-state index contributed by atoms with van der Waals surface area (Å²) in [4.78, 5) is 0. The van der Waals surface area contributed by atoms with Crippen molar-refractivity contribution in [3.05, 3.63) is 28.6 Å². The molecule has 2 aromatic rings. The molecule has 0 spiro atoms. The summed E-state index contributed by atoms with van der Waals surface area (Å²) >= 11 is 8.99. The van der Waals surface area contributed by atoms with Crippen molar-refractivity contribution in [3.8, 4) is 5.75 Å². The number of alkyl halides is 1. The Balaban J connectivity index is 2.10. The van der Waals surface area contributed by atoms with Gasteiger partial charge in [-0.2, -0.15) is 0 Å². The Labute approximate surface area is 118 Å². The molecule has 0 aliphatic carbocycles. The zero-order chi connectivity index (χ0) is 13.0. The lowest BCUT2D eigenvalue weighted by molar-refractivity contribution is 0.412. The topological polar surface area (TPSA) is 60.2 Å². The highest BCUT2D eigenvalue weighted by atomic mass is 79.9. The van der Waals surface area contributed by atoms with Gasteiger partial charge in [0.25, 0.3) is 0 Å². The Morgan fingerprint density at radius 3 is 2.94 bits per heavy atom. The Bertz CT molecular complexity index is 533. The molecule has 0 atom stereocenters. The first-order chi connectivity index (χ1) is 8.72. The molecular weight excluding hydrogens is 321 g/mol. The quantitative estimate of drug-likeness (QED) is 0.851. The molecule has 0 aliphatic heterocycles. The smallest absolute Gasteiger partial charge is 0.320 e. The van der Waals surface area contributed by atoms with Crippen LogP contribution >= 0.6 is 27.5 Å². The largest absolute Gasteiger partial charge is 0.496 e. The molecule has 7 heteroatoms. The maximum atomic E-state index is 5.59. The summed E-state index contributed by atoms with van der Waals surface area (Å²) in [6.45, 7) is 0. The highest BCUT2D eigenvalue weighted by Gasteiger charge is 2.07. The third-order valence-electron chi connectivity index (χ3n) is 2.18. The SMILES string of the molecule is COc1ccc(Nc2nnc(CCCl)o2)cc1Br. The van der Waals surface area contributed by atoms with Crippen molar-refractivity contribution < 1.29 is 9.15 Å². The van der Waals surface area contributed by atoms with Crippen molar-refractivity contribution in [1.82, 2.24) is 10.2 Å². The van der Waals surface area contributed by atoms with Gasteiger partial charge in [-0.05, 0) is 34.1 Å². The molecule has 96 valence electrons. The number of anilines is 2. The first-order valence-corrected chi connectivity index (χ1v) is 6.54. The molecule has 18 heavy (non-hydrogen) atoms. The molecule has 0 unspecified atom stereocenters. The van der Waals surface area contributed by atoms with E-state index in [4.69, 9.17) is 20.8 Å². The van der Waals surface area contributed by atoms with Crippen LogP contribution in [0.15, 0.2) is 27.1 Å². The molecule has 1 aromatic carbocycles. The van der Waals surface area contributed by atoms with E-state index >= 15 is 0 Å². The van der Waals surface area contributed by atoms with Crippen molar-refractivity contribution in [2.75, 3.05) is 18.3 Å². The van der Waals surface area contributed by atoms with Gasteiger partial charge in [-0.1, -0.05) is 5.10 Å². The standard InChI is InChI=1S/C11H11BrClN3O2/c1-17-9-3-2-7(6-8(9)12)14-11-16-15-10(18-11)4-5-13/h2-3,6H,4-5H2,1H3,(H,14,16). The molecule has 5 nitrogen and oxygen atoms in total. The first-order valence-electron chi connectivity index (χ1n) is 5.22. The number of halogens is 2. The third-order valence-corrected chi connectivity index (χ3v) is 2.99. The van der Waals surface area contributed by atoms with Crippen LogP contribution in [0.4, 0.5) is 11.7 Å². The molecule has 1 aromatic heterocycles. The Morgan fingerprint density at radius 2 is 2.28 bits per heavy atom. The highest BCUT2D eigenvalue weighted by Crippen LogP contribution is 2.28. The fraction of sp³-hybridized carbons (Fsp3) is 0.273. The zero-order valence-corrected chi connectivity index (χ0v) is 12.0. The van der Waals surface area contributed by atoms with Gasteiger partial charge in [-0.3, -0.25) is 0 Å².